The van der Waals surface area contributed by atoms with E-state index in [1.165, 1.54) is 4.88 Å². The first-order valence-electron chi connectivity index (χ1n) is 8.07. The summed E-state index contributed by atoms with van der Waals surface area (Å²) in [6.07, 6.45) is 4.31. The summed E-state index contributed by atoms with van der Waals surface area (Å²) >= 11 is 13.6. The summed E-state index contributed by atoms with van der Waals surface area (Å²) in [7, 11) is 0. The van der Waals surface area contributed by atoms with E-state index in [1.54, 1.807) is 23.6 Å². The topological polar surface area (TPSA) is 74.2 Å². The summed E-state index contributed by atoms with van der Waals surface area (Å²) < 4.78 is 0. The molecule has 3 N–H and O–H groups in total. The first-order chi connectivity index (χ1) is 12.1. The number of halogens is 2. The van der Waals surface area contributed by atoms with E-state index in [0.717, 1.165) is 23.9 Å². The van der Waals surface area contributed by atoms with Crippen molar-refractivity contribution < 1.29 is 0 Å². The van der Waals surface area contributed by atoms with E-state index < -0.39 is 0 Å². The van der Waals surface area contributed by atoms with E-state index in [4.69, 9.17) is 23.2 Å². The minimum atomic E-state index is 0.506. The highest BCUT2D eigenvalue weighted by Crippen LogP contribution is 2.21. The molecule has 0 radical (unpaired) electrons. The quantitative estimate of drug-likeness (QED) is 0.359. The maximum absolute atomic E-state index is 6.08. The summed E-state index contributed by atoms with van der Waals surface area (Å²) in [4.78, 5) is 14.3. The van der Waals surface area contributed by atoms with Crippen LogP contribution in [-0.2, 0) is 6.42 Å². The van der Waals surface area contributed by atoms with Gasteiger partial charge in [-0.15, -0.1) is 11.3 Å². The summed E-state index contributed by atoms with van der Waals surface area (Å²) in [6, 6.07) is 1.66. The van der Waals surface area contributed by atoms with Crippen LogP contribution in [0.2, 0.25) is 10.0 Å². The van der Waals surface area contributed by atoms with Crippen molar-refractivity contribution in [2.45, 2.75) is 20.3 Å². The third-order valence-electron chi connectivity index (χ3n) is 3.13. The van der Waals surface area contributed by atoms with Crippen molar-refractivity contribution in [3.8, 4) is 0 Å². The van der Waals surface area contributed by atoms with Gasteiger partial charge in [0.1, 0.15) is 5.82 Å². The fraction of sp³-hybridized carbons (Fsp3) is 0.438. The normalized spacial score (nSPS) is 11.4. The lowest BCUT2D eigenvalue weighted by Crippen LogP contribution is -2.39. The van der Waals surface area contributed by atoms with E-state index in [-0.39, 0.29) is 0 Å². The van der Waals surface area contributed by atoms with Crippen LogP contribution in [-0.4, -0.2) is 42.1 Å². The largest absolute Gasteiger partial charge is 0.367 e. The van der Waals surface area contributed by atoms with Crippen molar-refractivity contribution in [1.82, 2.24) is 20.6 Å². The predicted octanol–water partition coefficient (Wildman–Crippen LogP) is 3.36. The van der Waals surface area contributed by atoms with Crippen LogP contribution in [0.5, 0.6) is 0 Å². The van der Waals surface area contributed by atoms with Gasteiger partial charge in [0.05, 0.1) is 15.1 Å². The van der Waals surface area contributed by atoms with Crippen LogP contribution in [0.3, 0.4) is 0 Å². The van der Waals surface area contributed by atoms with Crippen molar-refractivity contribution in [1.29, 1.82) is 0 Å². The fourth-order valence-electron chi connectivity index (χ4n) is 2.03. The van der Waals surface area contributed by atoms with Gasteiger partial charge in [-0.3, -0.25) is 4.99 Å². The number of anilines is 1. The molecule has 0 fully saturated rings. The fourth-order valence-corrected chi connectivity index (χ4v) is 3.25. The summed E-state index contributed by atoms with van der Waals surface area (Å²) in [5.41, 5.74) is 0. The van der Waals surface area contributed by atoms with Crippen molar-refractivity contribution in [2.75, 3.05) is 31.5 Å². The number of aryl methyl sites for hydroxylation is 1. The second-order valence-corrected chi connectivity index (χ2v) is 7.38. The maximum atomic E-state index is 6.08. The van der Waals surface area contributed by atoms with Gasteiger partial charge >= 0.3 is 0 Å². The van der Waals surface area contributed by atoms with Crippen LogP contribution in [0, 0.1) is 6.92 Å². The Morgan fingerprint density at radius 3 is 2.72 bits per heavy atom. The van der Waals surface area contributed by atoms with Gasteiger partial charge in [-0.1, -0.05) is 23.2 Å². The van der Waals surface area contributed by atoms with Crippen molar-refractivity contribution in [3.05, 3.63) is 38.4 Å². The van der Waals surface area contributed by atoms with Gasteiger partial charge in [0.2, 0.25) is 0 Å². The highest BCUT2D eigenvalue weighted by molar-refractivity contribution is 7.11. The number of thiazole rings is 1. The number of nitrogens with zero attached hydrogens (tertiary/aromatic N) is 3. The van der Waals surface area contributed by atoms with E-state index in [1.807, 2.05) is 13.1 Å². The minimum Gasteiger partial charge on any atom is -0.367 e. The lowest BCUT2D eigenvalue weighted by Gasteiger charge is -2.12. The molecule has 25 heavy (non-hydrogen) atoms. The van der Waals surface area contributed by atoms with Crippen LogP contribution in [0.25, 0.3) is 0 Å². The molecule has 0 aliphatic heterocycles. The molecule has 9 heteroatoms. The molecule has 0 saturated heterocycles. The molecule has 0 aromatic carbocycles. The standard InChI is InChI=1S/C16H22Cl2N6S/c1-3-19-16(21-5-4-14-23-9-11(2)25-14)22-7-6-20-15-13(18)8-12(17)10-24-15/h8-10H,3-7H2,1-2H3,(H,20,24)(H2,19,21,22). The van der Waals surface area contributed by atoms with E-state index >= 15 is 0 Å². The van der Waals surface area contributed by atoms with Crippen LogP contribution in [0.1, 0.15) is 16.8 Å². The Bertz CT molecular complexity index is 704. The van der Waals surface area contributed by atoms with Crippen LogP contribution >= 0.6 is 34.5 Å². The second kappa shape index (κ2) is 10.4. The Morgan fingerprint density at radius 1 is 1.20 bits per heavy atom. The molecule has 2 heterocycles. The minimum absolute atomic E-state index is 0.506. The number of rotatable bonds is 8. The number of aromatic nitrogens is 2. The second-order valence-electron chi connectivity index (χ2n) is 5.21. The molecular weight excluding hydrogens is 379 g/mol. The zero-order chi connectivity index (χ0) is 18.1. The molecular formula is C16H22Cl2N6S. The zero-order valence-corrected chi connectivity index (χ0v) is 16.6. The van der Waals surface area contributed by atoms with Crippen molar-refractivity contribution in [2.24, 2.45) is 4.99 Å². The predicted molar refractivity (Wildman–Crippen MR) is 107 cm³/mol. The van der Waals surface area contributed by atoms with E-state index in [9.17, 15) is 0 Å². The van der Waals surface area contributed by atoms with Crippen molar-refractivity contribution in [3.63, 3.8) is 0 Å². The lowest BCUT2D eigenvalue weighted by molar-refractivity contribution is 0.813. The maximum Gasteiger partial charge on any atom is 0.191 e. The van der Waals surface area contributed by atoms with Gasteiger partial charge in [0.25, 0.3) is 0 Å². The lowest BCUT2D eigenvalue weighted by atomic mass is 10.4. The average Bonchev–Trinajstić information content (AvgIpc) is 2.98. The monoisotopic (exact) mass is 400 g/mol. The zero-order valence-electron chi connectivity index (χ0n) is 14.3. The first kappa shape index (κ1) is 19.8. The van der Waals surface area contributed by atoms with Gasteiger partial charge in [0, 0.05) is 49.9 Å². The van der Waals surface area contributed by atoms with Gasteiger partial charge in [0.15, 0.2) is 5.96 Å². The highest BCUT2D eigenvalue weighted by atomic mass is 35.5. The molecule has 0 unspecified atom stereocenters. The molecule has 0 amide bonds. The Kier molecular flexibility index (Phi) is 8.24. The first-order valence-corrected chi connectivity index (χ1v) is 9.64. The number of aliphatic imine (C=N–C) groups is 1. The number of guanidine groups is 1. The molecule has 2 aromatic rings. The third-order valence-corrected chi connectivity index (χ3v) is 4.59. The van der Waals surface area contributed by atoms with Crippen LogP contribution in [0.4, 0.5) is 5.82 Å². The Hall–Kier alpha value is -1.57. The molecule has 0 saturated carbocycles. The molecule has 6 nitrogen and oxygen atoms in total. The van der Waals surface area contributed by atoms with E-state index in [0.29, 0.717) is 35.5 Å². The Morgan fingerprint density at radius 2 is 2.04 bits per heavy atom. The van der Waals surface area contributed by atoms with Gasteiger partial charge < -0.3 is 16.0 Å². The van der Waals surface area contributed by atoms with Crippen LogP contribution < -0.4 is 16.0 Å². The average molecular weight is 401 g/mol. The SMILES string of the molecule is CCNC(=NCCc1ncc(C)s1)NCCNc1ncc(Cl)cc1Cl. The van der Waals surface area contributed by atoms with Crippen molar-refractivity contribution >= 4 is 46.3 Å². The van der Waals surface area contributed by atoms with Gasteiger partial charge in [-0.2, -0.15) is 0 Å². The summed E-state index contributed by atoms with van der Waals surface area (Å²) in [5, 5.41) is 11.8. The van der Waals surface area contributed by atoms with Gasteiger partial charge in [-0.05, 0) is 19.9 Å². The molecule has 0 bridgehead atoms. The highest BCUT2D eigenvalue weighted by Gasteiger charge is 2.03. The number of hydrogen-bond acceptors (Lipinski definition) is 5. The number of hydrogen-bond donors (Lipinski definition) is 3. The Balaban J connectivity index is 1.75. The third kappa shape index (κ3) is 7.05. The molecule has 136 valence electrons. The van der Waals surface area contributed by atoms with E-state index in [2.05, 4.69) is 37.8 Å². The summed E-state index contributed by atoms with van der Waals surface area (Å²) in [5.74, 6) is 1.40. The molecule has 0 aliphatic rings. The van der Waals surface area contributed by atoms with Crippen LogP contribution in [0.15, 0.2) is 23.5 Å². The Labute approximate surface area is 162 Å². The molecule has 2 rings (SSSR count). The molecule has 0 aliphatic carbocycles. The molecule has 0 spiro atoms. The molecule has 0 atom stereocenters. The molecule has 2 aromatic heterocycles. The van der Waals surface area contributed by atoms with Gasteiger partial charge in [-0.25, -0.2) is 9.97 Å². The summed E-state index contributed by atoms with van der Waals surface area (Å²) in [6.45, 7) is 6.94. The smallest absolute Gasteiger partial charge is 0.191 e. The number of pyridine rings is 1. The number of nitrogens with one attached hydrogen (secondary N) is 3.